The highest BCUT2D eigenvalue weighted by Gasteiger charge is 2.34. The summed E-state index contributed by atoms with van der Waals surface area (Å²) in [6, 6.07) is 9.92. The van der Waals surface area contributed by atoms with E-state index in [1.54, 1.807) is 4.90 Å². The van der Waals surface area contributed by atoms with Gasteiger partial charge < -0.3 is 20.0 Å². The van der Waals surface area contributed by atoms with Crippen molar-refractivity contribution in [2.24, 2.45) is 5.41 Å². The standard InChI is InChI=1S/C25H29FN4O3.2H2/c1-15-8-9-16-18(14-15)27-22(20-17(26)6-5-7-19(20)31)28-23(16)29-10-12-30(13-11-29)24(33)21(32)25(2,3)4;;/h5-9,14,21,31-32H,10-13H2,1-4H3;2*1H/t21-;;/m0../s1. The number of hydrogen-bond donors (Lipinski definition) is 2. The van der Waals surface area contributed by atoms with E-state index in [0.717, 1.165) is 10.9 Å². The summed E-state index contributed by atoms with van der Waals surface area (Å²) in [6.07, 6.45) is -1.07. The molecule has 1 fully saturated rings. The average Bonchev–Trinajstić information content (AvgIpc) is 2.76. The number of aromatic nitrogens is 2. The first-order valence-corrected chi connectivity index (χ1v) is 11.0. The maximum absolute atomic E-state index is 14.6. The second-order valence-electron chi connectivity index (χ2n) is 9.61. The van der Waals surface area contributed by atoms with Crippen LogP contribution in [0.5, 0.6) is 5.75 Å². The number of fused-ring (bicyclic) bond motifs is 1. The molecular formula is C25H33FN4O3. The molecule has 3 aromatic rings. The van der Waals surface area contributed by atoms with Crippen molar-refractivity contribution in [3.05, 3.63) is 47.8 Å². The molecule has 0 saturated carbocycles. The van der Waals surface area contributed by atoms with Crippen LogP contribution in [0.4, 0.5) is 10.2 Å². The van der Waals surface area contributed by atoms with E-state index in [1.807, 2.05) is 50.8 Å². The molecule has 2 aromatic carbocycles. The van der Waals surface area contributed by atoms with Crippen LogP contribution in [0.1, 0.15) is 29.2 Å². The first kappa shape index (κ1) is 22.9. The molecule has 0 bridgehead atoms. The van der Waals surface area contributed by atoms with E-state index in [0.29, 0.717) is 37.5 Å². The smallest absolute Gasteiger partial charge is 0.252 e. The monoisotopic (exact) mass is 456 g/mol. The summed E-state index contributed by atoms with van der Waals surface area (Å²) in [7, 11) is 0. The molecule has 1 amide bonds. The largest absolute Gasteiger partial charge is 0.507 e. The Morgan fingerprint density at radius 2 is 1.82 bits per heavy atom. The van der Waals surface area contributed by atoms with Crippen molar-refractivity contribution in [3.8, 4) is 17.1 Å². The Balaban J connectivity index is 0.00000216. The van der Waals surface area contributed by atoms with Gasteiger partial charge in [0.2, 0.25) is 0 Å². The Hall–Kier alpha value is -3.26. The molecule has 1 atom stereocenters. The zero-order chi connectivity index (χ0) is 23.9. The fraction of sp³-hybridized carbons (Fsp3) is 0.400. The summed E-state index contributed by atoms with van der Waals surface area (Å²) in [5, 5.41) is 21.5. The second kappa shape index (κ2) is 8.59. The molecule has 4 rings (SSSR count). The first-order chi connectivity index (χ1) is 15.6. The van der Waals surface area contributed by atoms with Gasteiger partial charge in [-0.15, -0.1) is 0 Å². The third-order valence-electron chi connectivity index (χ3n) is 5.99. The zero-order valence-electron chi connectivity index (χ0n) is 19.3. The topological polar surface area (TPSA) is 89.8 Å². The lowest BCUT2D eigenvalue weighted by Gasteiger charge is -2.38. The third kappa shape index (κ3) is 4.48. The quantitative estimate of drug-likeness (QED) is 0.619. The van der Waals surface area contributed by atoms with Gasteiger partial charge in [-0.25, -0.2) is 14.4 Å². The molecular weight excluding hydrogens is 423 g/mol. The summed E-state index contributed by atoms with van der Waals surface area (Å²) < 4.78 is 14.6. The van der Waals surface area contributed by atoms with Crippen LogP contribution in [0.2, 0.25) is 0 Å². The van der Waals surface area contributed by atoms with Crippen LogP contribution in [0, 0.1) is 18.2 Å². The van der Waals surface area contributed by atoms with E-state index in [4.69, 9.17) is 0 Å². The molecule has 1 aliphatic rings. The maximum Gasteiger partial charge on any atom is 0.252 e. The van der Waals surface area contributed by atoms with Crippen molar-refractivity contribution in [2.45, 2.75) is 33.8 Å². The number of phenols is 1. The van der Waals surface area contributed by atoms with Crippen molar-refractivity contribution in [3.63, 3.8) is 0 Å². The summed E-state index contributed by atoms with van der Waals surface area (Å²) in [5.41, 5.74) is 1.08. The molecule has 0 unspecified atom stereocenters. The highest BCUT2D eigenvalue weighted by Crippen LogP contribution is 2.34. The van der Waals surface area contributed by atoms with Crippen molar-refractivity contribution in [1.82, 2.24) is 14.9 Å². The lowest BCUT2D eigenvalue weighted by atomic mass is 9.88. The Labute approximate surface area is 195 Å². The molecule has 8 heteroatoms. The molecule has 2 heterocycles. The number of piperazine rings is 1. The SMILES string of the molecule is Cc1ccc2c(N3CCN(C(=O)[C@H](O)C(C)(C)C)CC3)nc(-c3c(O)cccc3F)nc2c1.[HH].[HH]. The van der Waals surface area contributed by atoms with Crippen LogP contribution >= 0.6 is 0 Å². The van der Waals surface area contributed by atoms with E-state index >= 15 is 0 Å². The lowest BCUT2D eigenvalue weighted by molar-refractivity contribution is -0.146. The molecule has 1 aromatic heterocycles. The Bertz CT molecular complexity index is 1190. The third-order valence-corrected chi connectivity index (χ3v) is 5.99. The number of aryl methyl sites for hydroxylation is 1. The van der Waals surface area contributed by atoms with Crippen molar-refractivity contribution in [1.29, 1.82) is 0 Å². The van der Waals surface area contributed by atoms with Gasteiger partial charge in [0.15, 0.2) is 5.82 Å². The molecule has 1 aliphatic heterocycles. The summed E-state index contributed by atoms with van der Waals surface area (Å²) in [6.45, 7) is 9.33. The Morgan fingerprint density at radius 1 is 1.12 bits per heavy atom. The minimum atomic E-state index is -1.07. The van der Waals surface area contributed by atoms with Crippen LogP contribution in [-0.2, 0) is 4.79 Å². The number of rotatable bonds is 3. The van der Waals surface area contributed by atoms with E-state index in [-0.39, 0.29) is 25.9 Å². The molecule has 0 aliphatic carbocycles. The molecule has 7 nitrogen and oxygen atoms in total. The van der Waals surface area contributed by atoms with Gasteiger partial charge in [0, 0.05) is 34.4 Å². The number of anilines is 1. The second-order valence-corrected chi connectivity index (χ2v) is 9.61. The fourth-order valence-electron chi connectivity index (χ4n) is 3.99. The van der Waals surface area contributed by atoms with Crippen molar-refractivity contribution < 1.29 is 22.3 Å². The number of amides is 1. The normalized spacial score (nSPS) is 15.7. The Kier molecular flexibility index (Phi) is 5.97. The van der Waals surface area contributed by atoms with Crippen LogP contribution in [0.15, 0.2) is 36.4 Å². The van der Waals surface area contributed by atoms with E-state index in [9.17, 15) is 19.4 Å². The first-order valence-electron chi connectivity index (χ1n) is 11.0. The lowest BCUT2D eigenvalue weighted by Crippen LogP contribution is -2.53. The number of aromatic hydroxyl groups is 1. The van der Waals surface area contributed by atoms with Gasteiger partial charge in [0.1, 0.15) is 23.5 Å². The fourth-order valence-corrected chi connectivity index (χ4v) is 3.99. The van der Waals surface area contributed by atoms with Crippen LogP contribution in [0.25, 0.3) is 22.3 Å². The van der Waals surface area contributed by atoms with Crippen molar-refractivity contribution in [2.75, 3.05) is 31.1 Å². The van der Waals surface area contributed by atoms with Gasteiger partial charge in [-0.2, -0.15) is 0 Å². The number of hydrogen-bond acceptors (Lipinski definition) is 6. The maximum atomic E-state index is 14.6. The molecule has 1 saturated heterocycles. The average molecular weight is 457 g/mol. The van der Waals surface area contributed by atoms with Gasteiger partial charge in [0.25, 0.3) is 5.91 Å². The molecule has 0 spiro atoms. The van der Waals surface area contributed by atoms with Crippen LogP contribution in [0.3, 0.4) is 0 Å². The van der Waals surface area contributed by atoms with E-state index in [2.05, 4.69) is 9.97 Å². The molecule has 2 N–H and O–H groups in total. The van der Waals surface area contributed by atoms with Gasteiger partial charge in [-0.3, -0.25) is 4.79 Å². The number of aliphatic hydroxyl groups excluding tert-OH is 1. The number of nitrogens with zero attached hydrogens (tertiary/aromatic N) is 4. The van der Waals surface area contributed by atoms with Gasteiger partial charge >= 0.3 is 0 Å². The minimum Gasteiger partial charge on any atom is -0.507 e. The molecule has 0 radical (unpaired) electrons. The summed E-state index contributed by atoms with van der Waals surface area (Å²) in [5.74, 6) is -0.358. The predicted octanol–water partition coefficient (Wildman–Crippen LogP) is 4.00. The van der Waals surface area contributed by atoms with E-state index < -0.39 is 17.3 Å². The minimum absolute atomic E-state index is 0. The van der Waals surface area contributed by atoms with Crippen LogP contribution in [-0.4, -0.2) is 63.3 Å². The predicted molar refractivity (Wildman–Crippen MR) is 130 cm³/mol. The number of halogens is 1. The zero-order valence-corrected chi connectivity index (χ0v) is 19.3. The number of benzene rings is 2. The van der Waals surface area contributed by atoms with Gasteiger partial charge in [-0.05, 0) is 42.2 Å². The highest BCUT2D eigenvalue weighted by molar-refractivity contribution is 5.92. The molecule has 33 heavy (non-hydrogen) atoms. The van der Waals surface area contributed by atoms with Crippen LogP contribution < -0.4 is 4.90 Å². The number of carbonyl (C=O) groups is 1. The number of carbonyl (C=O) groups excluding carboxylic acids is 1. The number of aliphatic hydroxyl groups is 1. The van der Waals surface area contributed by atoms with E-state index in [1.165, 1.54) is 18.2 Å². The van der Waals surface area contributed by atoms with Gasteiger partial charge in [-0.1, -0.05) is 32.9 Å². The highest BCUT2D eigenvalue weighted by atomic mass is 19.1. The Morgan fingerprint density at radius 3 is 2.45 bits per heavy atom. The van der Waals surface area contributed by atoms with Gasteiger partial charge in [0.05, 0.1) is 11.1 Å². The number of phenolic OH excluding ortho intramolecular Hbond substituents is 1. The summed E-state index contributed by atoms with van der Waals surface area (Å²) >= 11 is 0. The molecule has 178 valence electrons. The van der Waals surface area contributed by atoms with Crippen molar-refractivity contribution >= 4 is 22.6 Å². The summed E-state index contributed by atoms with van der Waals surface area (Å²) in [4.78, 5) is 25.6.